The van der Waals surface area contributed by atoms with Gasteiger partial charge in [0.15, 0.2) is 6.61 Å². The molecular formula is C13H18N2O4S. The van der Waals surface area contributed by atoms with Crippen LogP contribution >= 0.6 is 0 Å². The minimum atomic E-state index is -2.96. The molecule has 0 bridgehead atoms. The van der Waals surface area contributed by atoms with Crippen LogP contribution < -0.4 is 15.4 Å². The van der Waals surface area contributed by atoms with Crippen LogP contribution in [-0.2, 0) is 14.6 Å². The Morgan fingerprint density at radius 2 is 2.20 bits per heavy atom. The Labute approximate surface area is 118 Å². The van der Waals surface area contributed by atoms with Crippen molar-refractivity contribution in [1.82, 2.24) is 5.32 Å². The molecule has 1 unspecified atom stereocenters. The molecule has 1 aliphatic rings. The monoisotopic (exact) mass is 298 g/mol. The normalized spacial score (nSPS) is 16.0. The van der Waals surface area contributed by atoms with E-state index < -0.39 is 9.84 Å². The molecule has 0 saturated heterocycles. The predicted octanol–water partition coefficient (Wildman–Crippen LogP) is 0.713. The Morgan fingerprint density at radius 1 is 1.45 bits per heavy atom. The summed E-state index contributed by atoms with van der Waals surface area (Å²) in [6.45, 7) is 2.37. The Bertz CT molecular complexity index is 613. The van der Waals surface area contributed by atoms with Gasteiger partial charge in [-0.1, -0.05) is 6.07 Å². The maximum atomic E-state index is 11.3. The van der Waals surface area contributed by atoms with Gasteiger partial charge in [-0.25, -0.2) is 8.42 Å². The van der Waals surface area contributed by atoms with Gasteiger partial charge in [0.2, 0.25) is 0 Å². The molecule has 0 saturated carbocycles. The molecule has 1 aliphatic heterocycles. The summed E-state index contributed by atoms with van der Waals surface area (Å²) < 4.78 is 27.4. The summed E-state index contributed by atoms with van der Waals surface area (Å²) in [5.74, 6) is 0.575. The van der Waals surface area contributed by atoms with Crippen LogP contribution in [0.15, 0.2) is 18.2 Å². The van der Waals surface area contributed by atoms with Crippen LogP contribution in [0.2, 0.25) is 0 Å². The number of amides is 1. The van der Waals surface area contributed by atoms with Gasteiger partial charge in [-0.3, -0.25) is 4.79 Å². The molecule has 110 valence electrons. The highest BCUT2D eigenvalue weighted by atomic mass is 32.2. The molecule has 6 nitrogen and oxygen atoms in total. The van der Waals surface area contributed by atoms with Gasteiger partial charge in [0.1, 0.15) is 15.6 Å². The van der Waals surface area contributed by atoms with Gasteiger partial charge in [-0.2, -0.15) is 0 Å². The van der Waals surface area contributed by atoms with Crippen LogP contribution in [0.1, 0.15) is 18.5 Å². The molecule has 0 aliphatic carbocycles. The molecule has 1 atom stereocenters. The van der Waals surface area contributed by atoms with Gasteiger partial charge in [-0.05, 0) is 24.6 Å². The summed E-state index contributed by atoms with van der Waals surface area (Å²) in [5, 5.41) is 5.89. The Kier molecular flexibility index (Phi) is 4.29. The minimum absolute atomic E-state index is 0.0131. The van der Waals surface area contributed by atoms with E-state index in [0.717, 1.165) is 5.56 Å². The maximum absolute atomic E-state index is 11.3. The summed E-state index contributed by atoms with van der Waals surface area (Å²) in [5.41, 5.74) is 1.61. The smallest absolute Gasteiger partial charge is 0.262 e. The molecule has 2 N–H and O–H groups in total. The lowest BCUT2D eigenvalue weighted by Gasteiger charge is -2.20. The molecule has 0 spiro atoms. The van der Waals surface area contributed by atoms with Crippen LogP contribution in [0, 0.1) is 0 Å². The number of hydrogen-bond donors (Lipinski definition) is 2. The van der Waals surface area contributed by atoms with Crippen LogP contribution in [0.4, 0.5) is 5.69 Å². The van der Waals surface area contributed by atoms with Crippen LogP contribution in [0.5, 0.6) is 5.75 Å². The number of sulfone groups is 1. The van der Waals surface area contributed by atoms with Crippen LogP contribution in [-0.4, -0.2) is 39.5 Å². The fourth-order valence-electron chi connectivity index (χ4n) is 1.95. The fraction of sp³-hybridized carbons (Fsp3) is 0.462. The van der Waals surface area contributed by atoms with Crippen molar-refractivity contribution in [2.45, 2.75) is 13.0 Å². The second-order valence-electron chi connectivity index (χ2n) is 4.90. The number of hydrogen-bond acceptors (Lipinski definition) is 5. The van der Waals surface area contributed by atoms with Gasteiger partial charge < -0.3 is 15.4 Å². The van der Waals surface area contributed by atoms with E-state index in [1.54, 1.807) is 6.07 Å². The summed E-state index contributed by atoms with van der Waals surface area (Å²) in [4.78, 5) is 11.3. The number of fused-ring (bicyclic) bond motifs is 1. The Hall–Kier alpha value is -1.60. The fourth-order valence-corrected chi connectivity index (χ4v) is 2.44. The molecule has 1 heterocycles. The highest BCUT2D eigenvalue weighted by Crippen LogP contribution is 2.30. The van der Waals surface area contributed by atoms with E-state index in [0.29, 0.717) is 18.0 Å². The van der Waals surface area contributed by atoms with E-state index in [1.165, 1.54) is 6.26 Å². The van der Waals surface area contributed by atoms with Crippen molar-refractivity contribution in [1.29, 1.82) is 0 Å². The highest BCUT2D eigenvalue weighted by Gasteiger charge is 2.17. The highest BCUT2D eigenvalue weighted by molar-refractivity contribution is 7.90. The zero-order chi connectivity index (χ0) is 14.8. The van der Waals surface area contributed by atoms with Gasteiger partial charge in [-0.15, -0.1) is 0 Å². The number of ether oxygens (including phenoxy) is 1. The molecule has 1 aromatic rings. The summed E-state index contributed by atoms with van der Waals surface area (Å²) in [6, 6.07) is 5.53. The summed E-state index contributed by atoms with van der Waals surface area (Å²) >= 11 is 0. The van der Waals surface area contributed by atoms with Crippen molar-refractivity contribution in [2.75, 3.05) is 30.5 Å². The van der Waals surface area contributed by atoms with E-state index in [1.807, 2.05) is 19.1 Å². The van der Waals surface area contributed by atoms with Gasteiger partial charge >= 0.3 is 0 Å². The first-order valence-corrected chi connectivity index (χ1v) is 8.39. The maximum Gasteiger partial charge on any atom is 0.262 e. The van der Waals surface area contributed by atoms with Gasteiger partial charge in [0.05, 0.1) is 11.4 Å². The third kappa shape index (κ3) is 3.94. The third-order valence-corrected chi connectivity index (χ3v) is 4.01. The number of carbonyl (C=O) groups is 1. The number of benzene rings is 1. The Balaban J connectivity index is 2.02. The van der Waals surface area contributed by atoms with Gasteiger partial charge in [0, 0.05) is 18.8 Å². The molecule has 2 rings (SSSR count). The lowest BCUT2D eigenvalue weighted by Crippen LogP contribution is -2.27. The van der Waals surface area contributed by atoms with Gasteiger partial charge in [0.25, 0.3) is 5.91 Å². The molecule has 7 heteroatoms. The molecule has 1 amide bonds. The largest absolute Gasteiger partial charge is 0.482 e. The van der Waals surface area contributed by atoms with E-state index in [4.69, 9.17) is 4.74 Å². The van der Waals surface area contributed by atoms with Crippen LogP contribution in [0.3, 0.4) is 0 Å². The summed E-state index contributed by atoms with van der Waals surface area (Å²) in [6.07, 6.45) is 1.21. The standard InChI is InChI=1S/C13H18N2O4S/c1-9(14-5-6-20(2,17)18)10-3-4-12-11(7-10)15-13(16)8-19-12/h3-4,7,9,14H,5-6,8H2,1-2H3,(H,15,16). The van der Waals surface area contributed by atoms with Crippen molar-refractivity contribution < 1.29 is 17.9 Å². The van der Waals surface area contributed by atoms with Crippen molar-refractivity contribution in [2.24, 2.45) is 0 Å². The molecule has 0 radical (unpaired) electrons. The number of rotatable bonds is 5. The first-order valence-electron chi connectivity index (χ1n) is 6.33. The third-order valence-electron chi connectivity index (χ3n) is 3.06. The molecule has 20 heavy (non-hydrogen) atoms. The quantitative estimate of drug-likeness (QED) is 0.836. The van der Waals surface area contributed by atoms with E-state index in [-0.39, 0.29) is 24.3 Å². The average molecular weight is 298 g/mol. The SMILES string of the molecule is CC(NCCS(C)(=O)=O)c1ccc2c(c1)NC(=O)CO2. The minimum Gasteiger partial charge on any atom is -0.482 e. The molecule has 0 fully saturated rings. The van der Waals surface area contributed by atoms with E-state index in [2.05, 4.69) is 10.6 Å². The number of anilines is 1. The second-order valence-corrected chi connectivity index (χ2v) is 7.16. The summed E-state index contributed by atoms with van der Waals surface area (Å²) in [7, 11) is -2.96. The zero-order valence-electron chi connectivity index (χ0n) is 11.5. The van der Waals surface area contributed by atoms with E-state index in [9.17, 15) is 13.2 Å². The van der Waals surface area contributed by atoms with Crippen molar-refractivity contribution in [3.8, 4) is 5.75 Å². The number of nitrogens with one attached hydrogen (secondary N) is 2. The van der Waals surface area contributed by atoms with Crippen molar-refractivity contribution in [3.05, 3.63) is 23.8 Å². The average Bonchev–Trinajstić information content (AvgIpc) is 2.36. The zero-order valence-corrected chi connectivity index (χ0v) is 12.3. The second kappa shape index (κ2) is 5.80. The Morgan fingerprint density at radius 3 is 2.90 bits per heavy atom. The first kappa shape index (κ1) is 14.8. The van der Waals surface area contributed by atoms with Crippen molar-refractivity contribution >= 4 is 21.4 Å². The lowest BCUT2D eigenvalue weighted by molar-refractivity contribution is -0.118. The predicted molar refractivity (Wildman–Crippen MR) is 76.7 cm³/mol. The number of carbonyl (C=O) groups excluding carboxylic acids is 1. The topological polar surface area (TPSA) is 84.5 Å². The first-order chi connectivity index (χ1) is 9.35. The molecular weight excluding hydrogens is 280 g/mol. The van der Waals surface area contributed by atoms with Crippen molar-refractivity contribution in [3.63, 3.8) is 0 Å². The lowest BCUT2D eigenvalue weighted by atomic mass is 10.1. The van der Waals surface area contributed by atoms with E-state index >= 15 is 0 Å². The van der Waals surface area contributed by atoms with Crippen LogP contribution in [0.25, 0.3) is 0 Å². The molecule has 1 aromatic carbocycles. The molecule has 0 aromatic heterocycles.